The number of aliphatic carboxylic acids is 1. The van der Waals surface area contributed by atoms with Gasteiger partial charge in [-0.25, -0.2) is 13.1 Å². The van der Waals surface area contributed by atoms with Gasteiger partial charge in [0, 0.05) is 6.20 Å². The fourth-order valence-corrected chi connectivity index (χ4v) is 3.11. The molecule has 1 heterocycles. The van der Waals surface area contributed by atoms with E-state index in [2.05, 4.69) is 14.9 Å². The third kappa shape index (κ3) is 4.47. The van der Waals surface area contributed by atoms with Gasteiger partial charge in [0.25, 0.3) is 0 Å². The first-order chi connectivity index (χ1) is 10.9. The number of hydrogen-bond donors (Lipinski definition) is 2. The molecule has 0 bridgehead atoms. The first-order valence-corrected chi connectivity index (χ1v) is 8.05. The van der Waals surface area contributed by atoms with E-state index in [0.29, 0.717) is 11.3 Å². The van der Waals surface area contributed by atoms with E-state index in [1.54, 1.807) is 12.1 Å². The van der Waals surface area contributed by atoms with Crippen LogP contribution in [-0.2, 0) is 27.8 Å². The van der Waals surface area contributed by atoms with E-state index < -0.39 is 16.0 Å². The number of benzene rings is 1. The molecule has 23 heavy (non-hydrogen) atoms. The van der Waals surface area contributed by atoms with Crippen LogP contribution in [0.25, 0.3) is 0 Å². The molecule has 2 N–H and O–H groups in total. The van der Waals surface area contributed by atoms with Crippen LogP contribution in [-0.4, -0.2) is 36.8 Å². The summed E-state index contributed by atoms with van der Waals surface area (Å²) >= 11 is 0. The minimum atomic E-state index is -3.90. The van der Waals surface area contributed by atoms with Crippen LogP contribution in [0.4, 0.5) is 0 Å². The van der Waals surface area contributed by atoms with Crippen molar-refractivity contribution < 1.29 is 23.1 Å². The van der Waals surface area contributed by atoms with Crippen LogP contribution in [0.1, 0.15) is 11.3 Å². The standard InChI is InChI=1S/C14H15N3O5S/c1-22-12-5-4-10(8-14(18)19)7-13(12)23(20,21)16-9-11-3-2-6-15-17-11/h2-7,16H,8-9H2,1H3,(H,18,19). The summed E-state index contributed by atoms with van der Waals surface area (Å²) in [5, 5.41) is 16.3. The highest BCUT2D eigenvalue weighted by Crippen LogP contribution is 2.25. The number of carboxylic acid groups (broad SMARTS) is 1. The molecule has 0 radical (unpaired) electrons. The molecule has 0 amide bonds. The molecular weight excluding hydrogens is 322 g/mol. The van der Waals surface area contributed by atoms with E-state index >= 15 is 0 Å². The number of ether oxygens (including phenoxy) is 1. The molecule has 0 unspecified atom stereocenters. The number of hydrogen-bond acceptors (Lipinski definition) is 6. The maximum absolute atomic E-state index is 12.4. The molecule has 0 saturated carbocycles. The summed E-state index contributed by atoms with van der Waals surface area (Å²) in [6.45, 7) is -0.0392. The van der Waals surface area contributed by atoms with Crippen LogP contribution in [0.15, 0.2) is 41.4 Å². The monoisotopic (exact) mass is 337 g/mol. The number of nitrogens with zero attached hydrogens (tertiary/aromatic N) is 2. The number of carboxylic acids is 1. The van der Waals surface area contributed by atoms with Crippen molar-refractivity contribution in [1.82, 2.24) is 14.9 Å². The van der Waals surface area contributed by atoms with Gasteiger partial charge in [0.15, 0.2) is 0 Å². The van der Waals surface area contributed by atoms with Gasteiger partial charge in [-0.2, -0.15) is 10.2 Å². The van der Waals surface area contributed by atoms with Gasteiger partial charge in [-0.15, -0.1) is 0 Å². The number of rotatable bonds is 7. The van der Waals surface area contributed by atoms with Gasteiger partial charge in [-0.05, 0) is 29.8 Å². The molecule has 0 aliphatic heterocycles. The second kappa shape index (κ2) is 7.16. The Bertz CT molecular complexity index is 793. The van der Waals surface area contributed by atoms with Gasteiger partial charge >= 0.3 is 5.97 Å². The average Bonchev–Trinajstić information content (AvgIpc) is 2.53. The molecule has 8 nitrogen and oxygen atoms in total. The Morgan fingerprint density at radius 3 is 2.74 bits per heavy atom. The van der Waals surface area contributed by atoms with Crippen LogP contribution in [0, 0.1) is 0 Å². The van der Waals surface area contributed by atoms with Crippen LogP contribution in [0.2, 0.25) is 0 Å². The molecule has 0 spiro atoms. The van der Waals surface area contributed by atoms with E-state index in [1.807, 2.05) is 0 Å². The second-order valence-electron chi connectivity index (χ2n) is 4.60. The minimum absolute atomic E-state index is 0.0392. The molecule has 1 aromatic heterocycles. The number of aromatic nitrogens is 2. The van der Waals surface area contributed by atoms with E-state index in [4.69, 9.17) is 9.84 Å². The van der Waals surface area contributed by atoms with Crippen molar-refractivity contribution in [3.05, 3.63) is 47.8 Å². The smallest absolute Gasteiger partial charge is 0.307 e. The van der Waals surface area contributed by atoms with E-state index in [-0.39, 0.29) is 23.6 Å². The summed E-state index contributed by atoms with van der Waals surface area (Å²) in [5.74, 6) is -0.920. The lowest BCUT2D eigenvalue weighted by Crippen LogP contribution is -2.24. The predicted octanol–water partition coefficient (Wildman–Crippen LogP) is 0.591. The van der Waals surface area contributed by atoms with Crippen molar-refractivity contribution in [2.24, 2.45) is 0 Å². The lowest BCUT2D eigenvalue weighted by atomic mass is 10.1. The summed E-state index contributed by atoms with van der Waals surface area (Å²) in [7, 11) is -2.55. The normalized spacial score (nSPS) is 11.2. The Morgan fingerprint density at radius 1 is 1.35 bits per heavy atom. The molecule has 122 valence electrons. The van der Waals surface area contributed by atoms with Crippen molar-refractivity contribution in [3.63, 3.8) is 0 Å². The first kappa shape index (κ1) is 16.8. The number of nitrogens with one attached hydrogen (secondary N) is 1. The van der Waals surface area contributed by atoms with Crippen LogP contribution >= 0.6 is 0 Å². The Balaban J connectivity index is 2.28. The Morgan fingerprint density at radius 2 is 2.13 bits per heavy atom. The predicted molar refractivity (Wildman–Crippen MR) is 80.4 cm³/mol. The zero-order valence-corrected chi connectivity index (χ0v) is 13.1. The average molecular weight is 337 g/mol. The maximum Gasteiger partial charge on any atom is 0.307 e. The zero-order chi connectivity index (χ0) is 16.9. The van der Waals surface area contributed by atoms with Crippen LogP contribution < -0.4 is 9.46 Å². The Kier molecular flexibility index (Phi) is 5.24. The van der Waals surface area contributed by atoms with Crippen molar-refractivity contribution >= 4 is 16.0 Å². The molecule has 0 fully saturated rings. The fourth-order valence-electron chi connectivity index (χ4n) is 1.89. The lowest BCUT2D eigenvalue weighted by Gasteiger charge is -2.11. The van der Waals surface area contributed by atoms with Gasteiger partial charge in [0.1, 0.15) is 10.6 Å². The molecular formula is C14H15N3O5S. The SMILES string of the molecule is COc1ccc(CC(=O)O)cc1S(=O)(=O)NCc1cccnn1. The van der Waals surface area contributed by atoms with Gasteiger partial charge in [0.2, 0.25) is 10.0 Å². The van der Waals surface area contributed by atoms with Gasteiger partial charge in [0.05, 0.1) is 25.8 Å². The summed E-state index contributed by atoms with van der Waals surface area (Å²) in [6.07, 6.45) is 1.20. The Labute approximate surface area is 133 Å². The molecule has 9 heteroatoms. The quantitative estimate of drug-likeness (QED) is 0.759. The number of methoxy groups -OCH3 is 1. The number of carbonyl (C=O) groups is 1. The third-order valence-corrected chi connectivity index (χ3v) is 4.37. The summed E-state index contributed by atoms with van der Waals surface area (Å²) in [6, 6.07) is 7.49. The highest BCUT2D eigenvalue weighted by atomic mass is 32.2. The lowest BCUT2D eigenvalue weighted by molar-refractivity contribution is -0.136. The first-order valence-electron chi connectivity index (χ1n) is 6.57. The van der Waals surface area contributed by atoms with Gasteiger partial charge < -0.3 is 9.84 Å². The molecule has 2 aromatic rings. The fraction of sp³-hybridized carbons (Fsp3) is 0.214. The summed E-state index contributed by atoms with van der Waals surface area (Å²) in [4.78, 5) is 10.7. The van der Waals surface area contributed by atoms with Gasteiger partial charge in [-0.1, -0.05) is 6.07 Å². The number of sulfonamides is 1. The highest BCUT2D eigenvalue weighted by Gasteiger charge is 2.20. The molecule has 2 rings (SSSR count). The van der Waals surface area contributed by atoms with E-state index in [0.717, 1.165) is 0 Å². The van der Waals surface area contributed by atoms with E-state index in [1.165, 1.54) is 31.5 Å². The molecule has 0 atom stereocenters. The molecule has 0 aliphatic carbocycles. The van der Waals surface area contributed by atoms with Crippen molar-refractivity contribution in [1.29, 1.82) is 0 Å². The summed E-state index contributed by atoms with van der Waals surface area (Å²) in [5.41, 5.74) is 0.815. The van der Waals surface area contributed by atoms with Crippen molar-refractivity contribution in [2.75, 3.05) is 7.11 Å². The topological polar surface area (TPSA) is 118 Å². The third-order valence-electron chi connectivity index (χ3n) is 2.94. The van der Waals surface area contributed by atoms with E-state index in [9.17, 15) is 13.2 Å². The largest absolute Gasteiger partial charge is 0.495 e. The van der Waals surface area contributed by atoms with Crippen LogP contribution in [0.3, 0.4) is 0 Å². The Hall–Kier alpha value is -2.52. The molecule has 0 aliphatic rings. The molecule has 0 saturated heterocycles. The van der Waals surface area contributed by atoms with Crippen LogP contribution in [0.5, 0.6) is 5.75 Å². The van der Waals surface area contributed by atoms with Crippen molar-refractivity contribution in [3.8, 4) is 5.75 Å². The maximum atomic E-state index is 12.4. The second-order valence-corrected chi connectivity index (χ2v) is 6.33. The molecule has 1 aromatic carbocycles. The zero-order valence-electron chi connectivity index (χ0n) is 12.3. The summed E-state index contributed by atoms with van der Waals surface area (Å²) < 4.78 is 32.3. The van der Waals surface area contributed by atoms with Crippen molar-refractivity contribution in [2.45, 2.75) is 17.9 Å². The van der Waals surface area contributed by atoms with Gasteiger partial charge in [-0.3, -0.25) is 4.79 Å². The minimum Gasteiger partial charge on any atom is -0.495 e. The highest BCUT2D eigenvalue weighted by molar-refractivity contribution is 7.89.